The van der Waals surface area contributed by atoms with Crippen LogP contribution < -0.4 is 39.6 Å². The van der Waals surface area contributed by atoms with Gasteiger partial charge in [-0.2, -0.15) is 0 Å². The van der Waals surface area contributed by atoms with E-state index < -0.39 is 5.97 Å². The first-order valence-electron chi connectivity index (χ1n) is 12.3. The Morgan fingerprint density at radius 2 is 1.52 bits per heavy atom. The van der Waals surface area contributed by atoms with Gasteiger partial charge in [-0.1, -0.05) is 67.5 Å². The summed E-state index contributed by atoms with van der Waals surface area (Å²) in [4.78, 5) is 15.1. The third-order valence-electron chi connectivity index (χ3n) is 6.59. The second kappa shape index (κ2) is 12.2. The number of carbonyl (C=O) groups is 1. The van der Waals surface area contributed by atoms with E-state index in [1.54, 1.807) is 12.1 Å². The third-order valence-corrected chi connectivity index (χ3v) is 8.27. The van der Waals surface area contributed by atoms with Crippen LogP contribution in [0.3, 0.4) is 0 Å². The van der Waals surface area contributed by atoms with Crippen LogP contribution >= 0.6 is 11.3 Å². The number of hydrogen-bond acceptors (Lipinski definition) is 4. The minimum atomic E-state index is -1.12. The number of carboxylic acids is 1. The number of carboxylic acid groups (broad SMARTS) is 1. The molecule has 1 saturated carbocycles. The van der Waals surface area contributed by atoms with E-state index in [9.17, 15) is 9.90 Å². The van der Waals surface area contributed by atoms with Crippen molar-refractivity contribution in [2.24, 2.45) is 5.92 Å². The van der Waals surface area contributed by atoms with Crippen molar-refractivity contribution in [3.8, 4) is 0 Å². The van der Waals surface area contributed by atoms with Gasteiger partial charge >= 0.3 is 29.6 Å². The number of hydrogen-bond donors (Lipinski definition) is 0. The Labute approximate surface area is 228 Å². The fourth-order valence-corrected chi connectivity index (χ4v) is 6.20. The predicted octanol–water partition coefficient (Wildman–Crippen LogP) is 4.37. The van der Waals surface area contributed by atoms with E-state index in [2.05, 4.69) is 39.5 Å². The van der Waals surface area contributed by atoms with Crippen LogP contribution in [0, 0.1) is 12.8 Å². The van der Waals surface area contributed by atoms with Crippen molar-refractivity contribution in [3.63, 3.8) is 0 Å². The molecule has 0 spiro atoms. The van der Waals surface area contributed by atoms with Crippen LogP contribution in [0.5, 0.6) is 0 Å². The van der Waals surface area contributed by atoms with Crippen LogP contribution in [0.2, 0.25) is 0 Å². The maximum atomic E-state index is 11.1. The predicted molar refractivity (Wildman–Crippen MR) is 138 cm³/mol. The Morgan fingerprint density at radius 1 is 1.00 bits per heavy atom. The summed E-state index contributed by atoms with van der Waals surface area (Å²) in [6.07, 6.45) is 5.01. The van der Waals surface area contributed by atoms with Gasteiger partial charge in [0, 0.05) is 17.1 Å². The SMILES string of the molecule is CC.CC.Cc1c(N(CC2CC2)c2ccc(C(=O)[O-])cc2)sc2c1C(C)(C)CCC2(C)C.[Na+]. The van der Waals surface area contributed by atoms with Crippen molar-refractivity contribution in [2.45, 2.75) is 98.8 Å². The van der Waals surface area contributed by atoms with E-state index in [4.69, 9.17) is 0 Å². The van der Waals surface area contributed by atoms with Gasteiger partial charge in [-0.25, -0.2) is 0 Å². The van der Waals surface area contributed by atoms with E-state index in [0.29, 0.717) is 0 Å². The molecule has 5 heteroatoms. The average Bonchev–Trinajstić information content (AvgIpc) is 3.53. The second-order valence-electron chi connectivity index (χ2n) is 9.89. The van der Waals surface area contributed by atoms with Crippen LogP contribution in [-0.2, 0) is 10.8 Å². The van der Waals surface area contributed by atoms with Crippen molar-refractivity contribution in [2.75, 3.05) is 11.4 Å². The summed E-state index contributed by atoms with van der Waals surface area (Å²) in [6, 6.07) is 7.20. The Hall–Kier alpha value is -0.810. The minimum Gasteiger partial charge on any atom is -0.545 e. The largest absolute Gasteiger partial charge is 1.00 e. The van der Waals surface area contributed by atoms with Crippen LogP contribution in [-0.4, -0.2) is 12.5 Å². The molecule has 0 aliphatic heterocycles. The quantitative estimate of drug-likeness (QED) is 0.598. The molecule has 1 heterocycles. The van der Waals surface area contributed by atoms with Gasteiger partial charge in [-0.15, -0.1) is 11.3 Å². The van der Waals surface area contributed by atoms with Crippen molar-refractivity contribution < 1.29 is 39.5 Å². The van der Waals surface area contributed by atoms with Crippen LogP contribution in [0.15, 0.2) is 24.3 Å². The first-order chi connectivity index (χ1) is 15.1. The maximum absolute atomic E-state index is 11.1. The zero-order chi connectivity index (χ0) is 24.3. The molecule has 2 aromatic rings. The number of thiophene rings is 1. The summed E-state index contributed by atoms with van der Waals surface area (Å²) in [5.74, 6) is -0.382. The monoisotopic (exact) mass is 479 g/mol. The van der Waals surface area contributed by atoms with Gasteiger partial charge in [0.25, 0.3) is 0 Å². The standard InChI is InChI=1S/C24H31NO2S.2C2H6.Na/c1-15-19-20(24(4,5)13-12-23(19,2)3)28-21(15)25(14-16-6-7-16)18-10-8-17(9-11-18)22(26)27;2*1-2;/h8-11,16H,6-7,12-14H2,1-5H3,(H,26,27);2*1-2H3;/q;;;+1/p-1. The first kappa shape index (κ1) is 30.2. The number of benzene rings is 1. The smallest absolute Gasteiger partial charge is 0.545 e. The molecule has 178 valence electrons. The summed E-state index contributed by atoms with van der Waals surface area (Å²) in [5, 5.41) is 12.5. The topological polar surface area (TPSA) is 43.4 Å². The Kier molecular flexibility index (Phi) is 11.2. The fraction of sp³-hybridized carbons (Fsp3) is 0.607. The van der Waals surface area contributed by atoms with Gasteiger partial charge in [0.1, 0.15) is 0 Å². The van der Waals surface area contributed by atoms with E-state index in [0.717, 1.165) is 18.2 Å². The number of aromatic carboxylic acids is 1. The number of anilines is 2. The van der Waals surface area contributed by atoms with Gasteiger partial charge in [0.15, 0.2) is 0 Å². The number of rotatable bonds is 5. The molecule has 0 unspecified atom stereocenters. The molecule has 0 N–H and O–H groups in total. The normalized spacial score (nSPS) is 17.2. The van der Waals surface area contributed by atoms with Gasteiger partial charge in [0.05, 0.1) is 11.0 Å². The van der Waals surface area contributed by atoms with Gasteiger partial charge in [-0.05, 0) is 78.2 Å². The molecule has 1 aromatic heterocycles. The van der Waals surface area contributed by atoms with Crippen molar-refractivity contribution in [3.05, 3.63) is 45.8 Å². The third kappa shape index (κ3) is 6.66. The zero-order valence-electron chi connectivity index (χ0n) is 22.6. The van der Waals surface area contributed by atoms with E-state index >= 15 is 0 Å². The van der Waals surface area contributed by atoms with Crippen LogP contribution in [0.25, 0.3) is 0 Å². The van der Waals surface area contributed by atoms with Crippen molar-refractivity contribution in [1.82, 2.24) is 0 Å². The van der Waals surface area contributed by atoms with Crippen molar-refractivity contribution >= 4 is 28.0 Å². The molecule has 2 aliphatic carbocycles. The molecular formula is C28H42NNaO2S. The molecular weight excluding hydrogens is 437 g/mol. The molecule has 0 saturated heterocycles. The number of nitrogens with zero attached hydrogens (tertiary/aromatic N) is 1. The molecule has 1 fully saturated rings. The minimum absolute atomic E-state index is 0. The van der Waals surface area contributed by atoms with E-state index in [1.807, 2.05) is 51.2 Å². The number of carbonyl (C=O) groups excluding carboxylic acids is 1. The van der Waals surface area contributed by atoms with Gasteiger partial charge in [0.2, 0.25) is 0 Å². The van der Waals surface area contributed by atoms with E-state index in [1.165, 1.54) is 46.7 Å². The van der Waals surface area contributed by atoms with E-state index in [-0.39, 0.29) is 46.0 Å². The second-order valence-corrected chi connectivity index (χ2v) is 10.9. The maximum Gasteiger partial charge on any atom is 1.00 e. The molecule has 0 bridgehead atoms. The average molecular weight is 480 g/mol. The summed E-state index contributed by atoms with van der Waals surface area (Å²) >= 11 is 1.95. The molecule has 0 atom stereocenters. The Morgan fingerprint density at radius 3 is 1.97 bits per heavy atom. The first-order valence-corrected chi connectivity index (χ1v) is 13.1. The van der Waals surface area contributed by atoms with Crippen molar-refractivity contribution in [1.29, 1.82) is 0 Å². The van der Waals surface area contributed by atoms with Gasteiger partial charge in [-0.3, -0.25) is 0 Å². The van der Waals surface area contributed by atoms with Crippen LogP contribution in [0.4, 0.5) is 10.7 Å². The Balaban J connectivity index is 0.00000103. The van der Waals surface area contributed by atoms with Gasteiger partial charge < -0.3 is 14.8 Å². The zero-order valence-corrected chi connectivity index (χ0v) is 25.4. The Bertz CT molecular complexity index is 911. The molecule has 0 amide bonds. The fourth-order valence-electron chi connectivity index (χ4n) is 4.56. The summed E-state index contributed by atoms with van der Waals surface area (Å²) < 4.78 is 0. The molecule has 1 aromatic carbocycles. The number of fused-ring (bicyclic) bond motifs is 1. The molecule has 0 radical (unpaired) electrons. The molecule has 3 nitrogen and oxygen atoms in total. The molecule has 2 aliphatic rings. The summed E-state index contributed by atoms with van der Waals surface area (Å²) in [7, 11) is 0. The molecule has 33 heavy (non-hydrogen) atoms. The summed E-state index contributed by atoms with van der Waals surface area (Å²) in [5.41, 5.74) is 4.67. The molecule has 4 rings (SSSR count). The van der Waals surface area contributed by atoms with Crippen LogP contribution in [0.1, 0.15) is 107 Å². The summed E-state index contributed by atoms with van der Waals surface area (Å²) in [6.45, 7) is 20.8.